The summed E-state index contributed by atoms with van der Waals surface area (Å²) in [5.74, 6) is -0.845. The third-order valence-corrected chi connectivity index (χ3v) is 6.82. The second kappa shape index (κ2) is 10.5. The first-order chi connectivity index (χ1) is 15.0. The number of hydrogen-bond donors (Lipinski definition) is 1. The largest absolute Gasteiger partial charge is 0.467 e. The average Bonchev–Trinajstić information content (AvgIpc) is 2.70. The number of ether oxygens (including phenoxy) is 1. The van der Waals surface area contributed by atoms with Crippen LogP contribution in [0, 0.1) is 13.8 Å². The van der Waals surface area contributed by atoms with Crippen LogP contribution in [-0.2, 0) is 27.2 Å². The average molecular weight is 547 g/mol. The van der Waals surface area contributed by atoms with Gasteiger partial charge in [-0.25, -0.2) is 4.98 Å². The minimum atomic E-state index is -4.26. The van der Waals surface area contributed by atoms with E-state index in [4.69, 9.17) is 20.9 Å². The lowest BCUT2D eigenvalue weighted by molar-refractivity contribution is -0.135. The molecule has 11 heteroatoms. The Morgan fingerprint density at radius 3 is 2.50 bits per heavy atom. The molecule has 32 heavy (non-hydrogen) atoms. The predicted molar refractivity (Wildman–Crippen MR) is 125 cm³/mol. The van der Waals surface area contributed by atoms with Crippen LogP contribution in [0.5, 0.6) is 5.88 Å². The second-order valence-corrected chi connectivity index (χ2v) is 10.6. The fourth-order valence-electron chi connectivity index (χ4n) is 3.53. The fraction of sp³-hybridized carbons (Fsp3) is 0.429. The monoisotopic (exact) mass is 545 g/mol. The Morgan fingerprint density at radius 1 is 1.16 bits per heavy atom. The highest BCUT2D eigenvalue weighted by molar-refractivity contribution is 9.10. The smallest absolute Gasteiger partial charge is 0.269 e. The molecule has 1 N–H and O–H groups in total. The van der Waals surface area contributed by atoms with E-state index in [0.717, 1.165) is 35.8 Å². The molecule has 0 unspecified atom stereocenters. The highest BCUT2D eigenvalue weighted by Crippen LogP contribution is 2.23. The van der Waals surface area contributed by atoms with Crippen LogP contribution in [0.15, 0.2) is 28.9 Å². The van der Waals surface area contributed by atoms with Gasteiger partial charge in [0.2, 0.25) is 5.88 Å². The first-order valence-corrected chi connectivity index (χ1v) is 12.8. The number of nitrogens with zero attached hydrogens (tertiary/aromatic N) is 3. The quantitative estimate of drug-likeness (QED) is 0.532. The van der Waals surface area contributed by atoms with E-state index in [1.807, 2.05) is 19.9 Å². The number of piperazine rings is 1. The van der Waals surface area contributed by atoms with Gasteiger partial charge in [-0.3, -0.25) is 14.2 Å². The molecular weight excluding hydrogens is 522 g/mol. The van der Waals surface area contributed by atoms with Crippen molar-refractivity contribution in [1.82, 2.24) is 14.8 Å². The lowest BCUT2D eigenvalue weighted by Crippen LogP contribution is -2.49. The zero-order chi connectivity index (χ0) is 23.5. The molecule has 3 rings (SSSR count). The van der Waals surface area contributed by atoms with Gasteiger partial charge in [-0.1, -0.05) is 17.7 Å². The number of aromatic nitrogens is 1. The maximum Gasteiger partial charge on any atom is 0.269 e. The van der Waals surface area contributed by atoms with Crippen LogP contribution >= 0.6 is 27.5 Å². The van der Waals surface area contributed by atoms with Crippen LogP contribution in [0.4, 0.5) is 0 Å². The molecule has 174 valence electrons. The minimum absolute atomic E-state index is 0.00592. The third kappa shape index (κ3) is 6.89. The Bertz CT molecular complexity index is 1100. The van der Waals surface area contributed by atoms with E-state index in [-0.39, 0.29) is 24.0 Å². The van der Waals surface area contributed by atoms with E-state index in [1.165, 1.54) is 17.8 Å². The molecule has 0 spiro atoms. The Morgan fingerprint density at radius 2 is 1.84 bits per heavy atom. The summed E-state index contributed by atoms with van der Waals surface area (Å²) < 4.78 is 37.6. The molecule has 0 bridgehead atoms. The molecule has 1 aromatic carbocycles. The van der Waals surface area contributed by atoms with E-state index in [1.54, 1.807) is 4.90 Å². The number of carbonyl (C=O) groups is 1. The van der Waals surface area contributed by atoms with Crippen molar-refractivity contribution in [3.05, 3.63) is 56.1 Å². The summed E-state index contributed by atoms with van der Waals surface area (Å²) in [6.07, 6.45) is 1.44. The van der Waals surface area contributed by atoms with Gasteiger partial charge in [0, 0.05) is 54.0 Å². The molecule has 8 nitrogen and oxygen atoms in total. The van der Waals surface area contributed by atoms with Gasteiger partial charge in [0.25, 0.3) is 16.0 Å². The topological polar surface area (TPSA) is 100 Å². The minimum Gasteiger partial charge on any atom is -0.467 e. The molecule has 2 aromatic rings. The summed E-state index contributed by atoms with van der Waals surface area (Å²) in [6.45, 7) is 7.17. The molecule has 0 atom stereocenters. The molecule has 2 heterocycles. The van der Waals surface area contributed by atoms with Crippen molar-refractivity contribution in [2.75, 3.05) is 32.8 Å². The number of benzene rings is 1. The van der Waals surface area contributed by atoms with Gasteiger partial charge in [0.05, 0.1) is 0 Å². The van der Waals surface area contributed by atoms with Crippen molar-refractivity contribution in [3.8, 4) is 5.88 Å². The predicted octanol–water partition coefficient (Wildman–Crippen LogP) is 3.23. The number of carbonyl (C=O) groups excluding carboxylic acids is 1. The Kier molecular flexibility index (Phi) is 8.16. The van der Waals surface area contributed by atoms with Crippen molar-refractivity contribution < 1.29 is 22.5 Å². The maximum atomic E-state index is 12.6. The molecule has 0 radical (unpaired) electrons. The molecule has 0 aliphatic carbocycles. The lowest BCUT2D eigenvalue weighted by Gasteiger charge is -2.35. The zero-order valence-electron chi connectivity index (χ0n) is 17.8. The number of pyridine rings is 1. The molecule has 0 saturated carbocycles. The number of rotatable bonds is 7. The standard InChI is InChI=1S/C21H25BrClN3O5S/c1-14-8-19(23)15(2)7-16(14)11-25-3-5-26(6-4-25)20(27)12-31-21-17(13-32(28,29)30)9-18(22)10-24-21/h7-10H,3-6,11-13H2,1-2H3,(H,28,29,30). The second-order valence-electron chi connectivity index (χ2n) is 7.82. The number of hydrogen-bond acceptors (Lipinski definition) is 6. The van der Waals surface area contributed by atoms with Gasteiger partial charge in [0.1, 0.15) is 5.75 Å². The first kappa shape index (κ1) is 24.9. The number of amides is 1. The maximum absolute atomic E-state index is 12.6. The molecule has 1 aromatic heterocycles. The van der Waals surface area contributed by atoms with E-state index in [9.17, 15) is 13.2 Å². The van der Waals surface area contributed by atoms with Crippen LogP contribution < -0.4 is 4.74 Å². The summed E-state index contributed by atoms with van der Waals surface area (Å²) in [6, 6.07) is 5.58. The first-order valence-electron chi connectivity index (χ1n) is 10.00. The summed E-state index contributed by atoms with van der Waals surface area (Å²) in [7, 11) is -4.26. The van der Waals surface area contributed by atoms with Crippen molar-refractivity contribution in [2.45, 2.75) is 26.1 Å². The summed E-state index contributed by atoms with van der Waals surface area (Å²) >= 11 is 9.39. The van der Waals surface area contributed by atoms with Crippen LogP contribution in [0.1, 0.15) is 22.3 Å². The van der Waals surface area contributed by atoms with Crippen LogP contribution in [0.2, 0.25) is 5.02 Å². The molecular formula is C21H25BrClN3O5S. The third-order valence-electron chi connectivity index (χ3n) is 5.30. The van der Waals surface area contributed by atoms with Gasteiger partial charge in [-0.15, -0.1) is 0 Å². The summed E-state index contributed by atoms with van der Waals surface area (Å²) in [5, 5.41) is 0.765. The summed E-state index contributed by atoms with van der Waals surface area (Å²) in [4.78, 5) is 20.6. The van der Waals surface area contributed by atoms with Gasteiger partial charge in [0.15, 0.2) is 6.61 Å². The van der Waals surface area contributed by atoms with E-state index in [0.29, 0.717) is 17.6 Å². The number of halogens is 2. The van der Waals surface area contributed by atoms with Crippen molar-refractivity contribution in [2.24, 2.45) is 0 Å². The highest BCUT2D eigenvalue weighted by atomic mass is 79.9. The fourth-order valence-corrected chi connectivity index (χ4v) is 4.72. The molecule has 1 saturated heterocycles. The Balaban J connectivity index is 1.54. The van der Waals surface area contributed by atoms with Crippen molar-refractivity contribution in [3.63, 3.8) is 0 Å². The van der Waals surface area contributed by atoms with Gasteiger partial charge >= 0.3 is 0 Å². The number of aryl methyl sites for hydroxylation is 2. The molecule has 1 aliphatic rings. The van der Waals surface area contributed by atoms with Crippen molar-refractivity contribution >= 4 is 43.6 Å². The SMILES string of the molecule is Cc1cc(CN2CCN(C(=O)COc3ncc(Br)cc3CS(=O)(=O)O)CC2)c(C)cc1Cl. The van der Waals surface area contributed by atoms with E-state index >= 15 is 0 Å². The van der Waals surface area contributed by atoms with Gasteiger partial charge in [-0.05, 0) is 58.6 Å². The van der Waals surface area contributed by atoms with Crippen molar-refractivity contribution in [1.29, 1.82) is 0 Å². The lowest BCUT2D eigenvalue weighted by atomic mass is 10.0. The van der Waals surface area contributed by atoms with Crippen LogP contribution in [0.25, 0.3) is 0 Å². The summed E-state index contributed by atoms with van der Waals surface area (Å²) in [5.41, 5.74) is 3.60. The van der Waals surface area contributed by atoms with E-state index < -0.39 is 15.9 Å². The van der Waals surface area contributed by atoms with Crippen LogP contribution in [-0.4, -0.2) is 66.4 Å². The molecule has 1 aliphatic heterocycles. The van der Waals surface area contributed by atoms with Gasteiger partial charge in [-0.2, -0.15) is 8.42 Å². The Labute approximate surface area is 201 Å². The normalized spacial score (nSPS) is 15.1. The van der Waals surface area contributed by atoms with Crippen LogP contribution in [0.3, 0.4) is 0 Å². The molecule has 1 fully saturated rings. The Hall–Kier alpha value is -1.72. The van der Waals surface area contributed by atoms with E-state index in [2.05, 4.69) is 31.9 Å². The highest BCUT2D eigenvalue weighted by Gasteiger charge is 2.23. The zero-order valence-corrected chi connectivity index (χ0v) is 21.0. The molecule has 1 amide bonds. The van der Waals surface area contributed by atoms with Gasteiger partial charge < -0.3 is 9.64 Å².